The van der Waals surface area contributed by atoms with Crippen molar-refractivity contribution in [2.45, 2.75) is 32.2 Å². The number of aryl methyl sites for hydroxylation is 1. The number of aromatic amines is 1. The molecule has 2 aliphatic heterocycles. The van der Waals surface area contributed by atoms with Crippen LogP contribution in [0.15, 0.2) is 35.0 Å². The average molecular weight is 509 g/mol. The second-order valence-electron chi connectivity index (χ2n) is 9.33. The van der Waals surface area contributed by atoms with Gasteiger partial charge in [0, 0.05) is 55.9 Å². The third-order valence-electron chi connectivity index (χ3n) is 6.83. The Kier molecular flexibility index (Phi) is 6.32. The average Bonchev–Trinajstić information content (AvgIpc) is 3.50. The largest absolute Gasteiger partial charge is 0.448 e. The van der Waals surface area contributed by atoms with E-state index in [0.29, 0.717) is 37.5 Å². The molecule has 11 heteroatoms. The summed E-state index contributed by atoms with van der Waals surface area (Å²) in [6, 6.07) is 8.05. The van der Waals surface area contributed by atoms with Gasteiger partial charge in [0.05, 0.1) is 17.3 Å². The summed E-state index contributed by atoms with van der Waals surface area (Å²) in [6.45, 7) is 3.93. The normalized spacial score (nSPS) is 19.2. The van der Waals surface area contributed by atoms with Crippen molar-refractivity contribution in [2.24, 2.45) is 0 Å². The lowest BCUT2D eigenvalue weighted by molar-refractivity contribution is 0.0928. The van der Waals surface area contributed by atoms with Crippen molar-refractivity contribution in [3.63, 3.8) is 0 Å². The van der Waals surface area contributed by atoms with Gasteiger partial charge in [0.1, 0.15) is 12.3 Å². The quantitative estimate of drug-likeness (QED) is 0.541. The smallest absolute Gasteiger partial charge is 0.273 e. The zero-order valence-electron chi connectivity index (χ0n) is 20.2. The minimum atomic E-state index is -3.23. The highest BCUT2D eigenvalue weighted by molar-refractivity contribution is 7.88. The van der Waals surface area contributed by atoms with E-state index >= 15 is 0 Å². The number of oxazole rings is 1. The number of fused-ring (bicyclic) bond motifs is 1. The Bertz CT molecular complexity index is 1500. The summed E-state index contributed by atoms with van der Waals surface area (Å²) < 4.78 is 30.3. The Labute approximate surface area is 209 Å². The van der Waals surface area contributed by atoms with E-state index < -0.39 is 10.0 Å². The van der Waals surface area contributed by atoms with Crippen LogP contribution in [0.3, 0.4) is 0 Å². The van der Waals surface area contributed by atoms with E-state index in [-0.39, 0.29) is 17.6 Å². The molecular weight excluding hydrogens is 480 g/mol. The summed E-state index contributed by atoms with van der Waals surface area (Å²) in [4.78, 5) is 22.3. The third kappa shape index (κ3) is 4.74. The number of nitriles is 1. The number of anilines is 1. The highest BCUT2D eigenvalue weighted by atomic mass is 32.2. The Hall–Kier alpha value is -3.62. The molecule has 0 bridgehead atoms. The zero-order valence-corrected chi connectivity index (χ0v) is 21.1. The second kappa shape index (κ2) is 9.44. The Balaban J connectivity index is 1.40. The SMILES string of the molecule is Cc1nc(C(=O)NC2CCCN(c3ccc(C#N)c4[nH]c(C5=CCN(S(C)(=O)=O)CC5)cc34)C2)co1. The fourth-order valence-electron chi connectivity index (χ4n) is 4.98. The molecular formula is C25H28N6O4S. The molecule has 0 aliphatic carbocycles. The number of amides is 1. The molecule has 10 nitrogen and oxygen atoms in total. The van der Waals surface area contributed by atoms with E-state index in [9.17, 15) is 18.5 Å². The molecule has 1 unspecified atom stereocenters. The minimum absolute atomic E-state index is 0.0459. The van der Waals surface area contributed by atoms with Crippen LogP contribution >= 0.6 is 0 Å². The molecule has 3 aromatic rings. The Morgan fingerprint density at radius 2 is 2.17 bits per heavy atom. The maximum absolute atomic E-state index is 12.6. The lowest BCUT2D eigenvalue weighted by atomic mass is 10.0. The molecule has 2 N–H and O–H groups in total. The minimum Gasteiger partial charge on any atom is -0.448 e. The molecule has 1 saturated heterocycles. The molecule has 2 aliphatic rings. The van der Waals surface area contributed by atoms with Gasteiger partial charge >= 0.3 is 0 Å². The van der Waals surface area contributed by atoms with Crippen LogP contribution in [-0.4, -0.2) is 67.1 Å². The number of carbonyl (C=O) groups is 1. The first-order chi connectivity index (χ1) is 17.2. The maximum atomic E-state index is 12.6. The highest BCUT2D eigenvalue weighted by Crippen LogP contribution is 2.35. The predicted molar refractivity (Wildman–Crippen MR) is 136 cm³/mol. The molecule has 0 spiro atoms. The van der Waals surface area contributed by atoms with Crippen LogP contribution in [0.4, 0.5) is 5.69 Å². The molecule has 188 valence electrons. The Morgan fingerprint density at radius 3 is 2.83 bits per heavy atom. The van der Waals surface area contributed by atoms with E-state index in [1.165, 1.54) is 16.8 Å². The lowest BCUT2D eigenvalue weighted by Crippen LogP contribution is -2.48. The van der Waals surface area contributed by atoms with E-state index in [2.05, 4.69) is 26.3 Å². The van der Waals surface area contributed by atoms with Gasteiger partial charge in [0.15, 0.2) is 11.6 Å². The first-order valence-electron chi connectivity index (χ1n) is 11.9. The number of benzene rings is 1. The summed E-state index contributed by atoms with van der Waals surface area (Å²) in [6.07, 6.45) is 6.89. The molecule has 36 heavy (non-hydrogen) atoms. The highest BCUT2D eigenvalue weighted by Gasteiger charge is 2.26. The summed E-state index contributed by atoms with van der Waals surface area (Å²) in [5.41, 5.74) is 4.52. The van der Waals surface area contributed by atoms with Gasteiger partial charge < -0.3 is 19.6 Å². The number of hydrogen-bond acceptors (Lipinski definition) is 7. The van der Waals surface area contributed by atoms with Gasteiger partial charge in [-0.3, -0.25) is 4.79 Å². The Morgan fingerprint density at radius 1 is 1.33 bits per heavy atom. The van der Waals surface area contributed by atoms with Crippen LogP contribution in [0.25, 0.3) is 16.5 Å². The number of carbonyl (C=O) groups excluding carboxylic acids is 1. The van der Waals surface area contributed by atoms with Gasteiger partial charge in [-0.05, 0) is 43.0 Å². The van der Waals surface area contributed by atoms with Gasteiger partial charge in [-0.2, -0.15) is 9.57 Å². The summed E-state index contributed by atoms with van der Waals surface area (Å²) >= 11 is 0. The lowest BCUT2D eigenvalue weighted by Gasteiger charge is -2.35. The van der Waals surface area contributed by atoms with Crippen LogP contribution < -0.4 is 10.2 Å². The number of rotatable bonds is 5. The van der Waals surface area contributed by atoms with Crippen molar-refractivity contribution in [3.05, 3.63) is 53.4 Å². The van der Waals surface area contributed by atoms with Gasteiger partial charge in [-0.25, -0.2) is 13.4 Å². The standard InChI is InChI=1S/C25H28N6O4S/c1-16-27-22(15-35-16)25(32)28-19-4-3-9-30(14-19)23-6-5-18(13-26)24-20(23)12-21(29-24)17-7-10-31(11-8-17)36(2,33)34/h5-7,12,15,19,29H,3-4,8-11,14H2,1-2H3,(H,28,32). The van der Waals surface area contributed by atoms with Crippen LogP contribution in [0.1, 0.15) is 46.9 Å². The van der Waals surface area contributed by atoms with Crippen LogP contribution in [0, 0.1) is 18.3 Å². The molecule has 0 radical (unpaired) electrons. The molecule has 2 aromatic heterocycles. The van der Waals surface area contributed by atoms with Crippen LogP contribution in [-0.2, 0) is 10.0 Å². The first kappa shape index (κ1) is 24.1. The first-order valence-corrected chi connectivity index (χ1v) is 13.8. The number of piperidine rings is 1. The van der Waals surface area contributed by atoms with Gasteiger partial charge in [0.25, 0.3) is 5.91 Å². The molecule has 1 fully saturated rings. The molecule has 1 amide bonds. The fraction of sp³-hybridized carbons (Fsp3) is 0.400. The van der Waals surface area contributed by atoms with Crippen molar-refractivity contribution in [1.82, 2.24) is 19.6 Å². The van der Waals surface area contributed by atoms with E-state index in [4.69, 9.17) is 4.42 Å². The summed E-state index contributed by atoms with van der Waals surface area (Å²) in [5.74, 6) is 0.200. The van der Waals surface area contributed by atoms with Crippen molar-refractivity contribution in [3.8, 4) is 6.07 Å². The van der Waals surface area contributed by atoms with Crippen molar-refractivity contribution in [1.29, 1.82) is 5.26 Å². The number of nitrogens with one attached hydrogen (secondary N) is 2. The van der Waals surface area contributed by atoms with E-state index in [1.54, 1.807) is 6.92 Å². The number of nitrogens with zero attached hydrogens (tertiary/aromatic N) is 4. The van der Waals surface area contributed by atoms with E-state index in [0.717, 1.165) is 47.2 Å². The van der Waals surface area contributed by atoms with Crippen LogP contribution in [0.2, 0.25) is 0 Å². The molecule has 1 aromatic carbocycles. The monoisotopic (exact) mass is 508 g/mol. The zero-order chi connectivity index (χ0) is 25.4. The van der Waals surface area contributed by atoms with Crippen molar-refractivity contribution >= 4 is 38.1 Å². The molecule has 4 heterocycles. The van der Waals surface area contributed by atoms with Crippen LogP contribution in [0.5, 0.6) is 0 Å². The number of H-pyrrole nitrogens is 1. The molecule has 1 atom stereocenters. The van der Waals surface area contributed by atoms with Crippen molar-refractivity contribution < 1.29 is 17.6 Å². The summed E-state index contributed by atoms with van der Waals surface area (Å²) in [5, 5.41) is 13.7. The van der Waals surface area contributed by atoms with Gasteiger partial charge in [-0.15, -0.1) is 0 Å². The fourth-order valence-corrected chi connectivity index (χ4v) is 5.75. The molecule has 0 saturated carbocycles. The van der Waals surface area contributed by atoms with Gasteiger partial charge in [-0.1, -0.05) is 6.08 Å². The number of hydrogen-bond donors (Lipinski definition) is 2. The second-order valence-corrected chi connectivity index (χ2v) is 11.3. The van der Waals surface area contributed by atoms with Crippen molar-refractivity contribution in [2.75, 3.05) is 37.3 Å². The number of sulfonamides is 1. The maximum Gasteiger partial charge on any atom is 0.273 e. The van der Waals surface area contributed by atoms with E-state index in [1.807, 2.05) is 24.3 Å². The predicted octanol–water partition coefficient (Wildman–Crippen LogP) is 2.78. The number of aromatic nitrogens is 2. The third-order valence-corrected chi connectivity index (χ3v) is 8.10. The van der Waals surface area contributed by atoms with Gasteiger partial charge in [0.2, 0.25) is 10.0 Å². The molecule has 5 rings (SSSR count). The topological polar surface area (TPSA) is 135 Å². The summed E-state index contributed by atoms with van der Waals surface area (Å²) in [7, 11) is -3.23.